The van der Waals surface area contributed by atoms with Gasteiger partial charge in [0.1, 0.15) is 11.9 Å². The maximum Gasteiger partial charge on any atom is 0.196 e. The Labute approximate surface area is 184 Å². The van der Waals surface area contributed by atoms with E-state index in [4.69, 9.17) is 4.74 Å². The van der Waals surface area contributed by atoms with Crippen LogP contribution in [0.4, 0.5) is 0 Å². The van der Waals surface area contributed by atoms with Gasteiger partial charge in [0.15, 0.2) is 11.6 Å². The maximum atomic E-state index is 13.4. The van der Waals surface area contributed by atoms with Crippen molar-refractivity contribution in [3.8, 4) is 5.75 Å². The van der Waals surface area contributed by atoms with Gasteiger partial charge in [0.25, 0.3) is 0 Å². The number of carbonyl (C=O) groups is 2. The minimum Gasteiger partial charge on any atom is -0.507 e. The van der Waals surface area contributed by atoms with Gasteiger partial charge in [-0.2, -0.15) is 0 Å². The Bertz CT molecular complexity index is 1180. The van der Waals surface area contributed by atoms with Crippen LogP contribution in [0, 0.1) is 0 Å². The van der Waals surface area contributed by atoms with E-state index in [1.807, 2.05) is 6.07 Å². The van der Waals surface area contributed by atoms with Crippen LogP contribution in [-0.2, 0) is 17.6 Å². The number of hydrogen-bond donors (Lipinski definition) is 4. The molecule has 7 nitrogen and oxygen atoms in total. The van der Waals surface area contributed by atoms with Gasteiger partial charge < -0.3 is 25.2 Å². The van der Waals surface area contributed by atoms with E-state index in [1.54, 1.807) is 26.0 Å². The molecule has 0 spiro atoms. The SMILES string of the molecule is C[C@H]1O[C@@H](C2=CC(=O)c3cc4c5c(ccc4c(O)c3C2=O)C[C@](C)(O)CC5)C[C@@H](O)[C@@H]1O. The minimum absolute atomic E-state index is 0.0204. The van der Waals surface area contributed by atoms with Crippen molar-refractivity contribution >= 4 is 22.3 Å². The van der Waals surface area contributed by atoms with Crippen LogP contribution in [0.1, 0.15) is 58.5 Å². The number of aromatic hydroxyl groups is 1. The normalized spacial score (nSPS) is 32.5. The third-order valence-corrected chi connectivity index (χ3v) is 7.09. The Morgan fingerprint density at radius 2 is 1.91 bits per heavy atom. The van der Waals surface area contributed by atoms with E-state index in [0.717, 1.165) is 11.1 Å². The number of fused-ring (bicyclic) bond motifs is 4. The van der Waals surface area contributed by atoms with Crippen LogP contribution in [0.2, 0.25) is 0 Å². The predicted molar refractivity (Wildman–Crippen MR) is 116 cm³/mol. The van der Waals surface area contributed by atoms with E-state index in [2.05, 4.69) is 0 Å². The molecule has 2 aliphatic carbocycles. The second-order valence-corrected chi connectivity index (χ2v) is 9.54. The number of benzene rings is 2. The molecule has 3 aliphatic rings. The van der Waals surface area contributed by atoms with Crippen LogP contribution in [0.25, 0.3) is 10.8 Å². The summed E-state index contributed by atoms with van der Waals surface area (Å²) >= 11 is 0. The molecule has 0 radical (unpaired) electrons. The molecule has 1 heterocycles. The molecular formula is C25H26O7. The lowest BCUT2D eigenvalue weighted by Gasteiger charge is -2.37. The first-order valence-corrected chi connectivity index (χ1v) is 10.9. The Kier molecular flexibility index (Phi) is 4.80. The van der Waals surface area contributed by atoms with E-state index in [0.29, 0.717) is 30.0 Å². The Morgan fingerprint density at radius 3 is 2.62 bits per heavy atom. The number of ketones is 2. The number of phenols is 1. The number of carbonyl (C=O) groups excluding carboxylic acids is 2. The van der Waals surface area contributed by atoms with Crippen LogP contribution in [-0.4, -0.2) is 62.0 Å². The average Bonchev–Trinajstić information content (AvgIpc) is 2.73. The zero-order valence-corrected chi connectivity index (χ0v) is 18.0. The number of aliphatic hydroxyl groups is 3. The summed E-state index contributed by atoms with van der Waals surface area (Å²) < 4.78 is 5.71. The molecular weight excluding hydrogens is 412 g/mol. The molecule has 168 valence electrons. The zero-order valence-electron chi connectivity index (χ0n) is 18.0. The molecule has 0 unspecified atom stereocenters. The van der Waals surface area contributed by atoms with E-state index < -0.39 is 41.6 Å². The van der Waals surface area contributed by atoms with Crippen molar-refractivity contribution in [1.29, 1.82) is 0 Å². The number of ether oxygens (including phenoxy) is 1. The number of aryl methyl sites for hydroxylation is 1. The molecule has 2 aromatic carbocycles. The molecule has 0 aromatic heterocycles. The van der Waals surface area contributed by atoms with Crippen molar-refractivity contribution in [3.05, 3.63) is 52.1 Å². The largest absolute Gasteiger partial charge is 0.507 e. The summed E-state index contributed by atoms with van der Waals surface area (Å²) in [5.41, 5.74) is 1.30. The van der Waals surface area contributed by atoms with Crippen LogP contribution in [0.3, 0.4) is 0 Å². The third-order valence-electron chi connectivity index (χ3n) is 7.09. The summed E-state index contributed by atoms with van der Waals surface area (Å²) in [6.07, 6.45) is -0.851. The summed E-state index contributed by atoms with van der Waals surface area (Å²) in [6.45, 7) is 3.39. The van der Waals surface area contributed by atoms with Gasteiger partial charge in [-0.25, -0.2) is 0 Å². The van der Waals surface area contributed by atoms with Gasteiger partial charge in [0, 0.05) is 29.4 Å². The van der Waals surface area contributed by atoms with Gasteiger partial charge in [-0.3, -0.25) is 9.59 Å². The lowest BCUT2D eigenvalue weighted by atomic mass is 9.77. The Hall–Kier alpha value is -2.58. The highest BCUT2D eigenvalue weighted by Crippen LogP contribution is 2.42. The number of rotatable bonds is 1. The number of phenolic OH excluding ortho intramolecular Hbond substituents is 1. The fourth-order valence-electron chi connectivity index (χ4n) is 5.27. The molecule has 1 fully saturated rings. The monoisotopic (exact) mass is 438 g/mol. The van der Waals surface area contributed by atoms with Gasteiger partial charge in [-0.1, -0.05) is 12.1 Å². The van der Waals surface area contributed by atoms with Crippen LogP contribution in [0.15, 0.2) is 29.8 Å². The summed E-state index contributed by atoms with van der Waals surface area (Å²) in [5, 5.41) is 42.7. The molecule has 1 saturated heterocycles. The second-order valence-electron chi connectivity index (χ2n) is 9.54. The molecule has 5 rings (SSSR count). The van der Waals surface area contributed by atoms with Gasteiger partial charge in [-0.15, -0.1) is 0 Å². The molecule has 0 bridgehead atoms. The van der Waals surface area contributed by atoms with Crippen molar-refractivity contribution in [2.24, 2.45) is 0 Å². The van der Waals surface area contributed by atoms with Crippen LogP contribution in [0.5, 0.6) is 5.75 Å². The third kappa shape index (κ3) is 3.19. The van der Waals surface area contributed by atoms with Crippen molar-refractivity contribution in [2.45, 2.75) is 69.5 Å². The molecule has 2 aromatic rings. The van der Waals surface area contributed by atoms with E-state index >= 15 is 0 Å². The van der Waals surface area contributed by atoms with Crippen LogP contribution < -0.4 is 0 Å². The highest BCUT2D eigenvalue weighted by molar-refractivity contribution is 6.28. The van der Waals surface area contributed by atoms with Crippen molar-refractivity contribution in [2.75, 3.05) is 0 Å². The Balaban J connectivity index is 1.61. The summed E-state index contributed by atoms with van der Waals surface area (Å²) in [7, 11) is 0. The second kappa shape index (κ2) is 7.22. The van der Waals surface area contributed by atoms with Gasteiger partial charge in [0.2, 0.25) is 0 Å². The standard InChI is InChI=1S/C25H26O7/c1-11-22(28)19(27)9-20(32-11)17-8-18(26)16-7-15-13-5-6-25(2,31)10-12(13)3-4-14(15)23(29)21(16)24(17)30/h3-4,7-8,11,19-20,22,27-29,31H,5-6,9-10H2,1-2H3/t11-,19-,20-,22-,25-/m1/s1. The average molecular weight is 438 g/mol. The topological polar surface area (TPSA) is 124 Å². The number of aliphatic hydroxyl groups excluding tert-OH is 2. The quantitative estimate of drug-likeness (QED) is 0.537. The number of Topliss-reactive ketones (excluding diaryl/α,β-unsaturated/α-hetero) is 1. The first-order valence-electron chi connectivity index (χ1n) is 10.9. The highest BCUT2D eigenvalue weighted by Gasteiger charge is 2.41. The molecule has 7 heteroatoms. The first-order chi connectivity index (χ1) is 15.1. The molecule has 0 amide bonds. The highest BCUT2D eigenvalue weighted by atomic mass is 16.5. The first kappa shape index (κ1) is 21.3. The van der Waals surface area contributed by atoms with Gasteiger partial charge in [-0.05, 0) is 55.3 Å². The zero-order chi connectivity index (χ0) is 22.9. The van der Waals surface area contributed by atoms with Gasteiger partial charge >= 0.3 is 0 Å². The maximum absolute atomic E-state index is 13.4. The van der Waals surface area contributed by atoms with E-state index in [1.165, 1.54) is 6.08 Å². The fraction of sp³-hybridized carbons (Fsp3) is 0.440. The molecule has 5 atom stereocenters. The van der Waals surface area contributed by atoms with E-state index in [9.17, 15) is 30.0 Å². The van der Waals surface area contributed by atoms with Gasteiger partial charge in [0.05, 0.1) is 29.5 Å². The summed E-state index contributed by atoms with van der Waals surface area (Å²) in [5.74, 6) is -1.17. The number of hydrogen-bond acceptors (Lipinski definition) is 7. The molecule has 32 heavy (non-hydrogen) atoms. The van der Waals surface area contributed by atoms with Crippen molar-refractivity contribution in [3.63, 3.8) is 0 Å². The smallest absolute Gasteiger partial charge is 0.196 e. The minimum atomic E-state index is -1.08. The van der Waals surface area contributed by atoms with Crippen molar-refractivity contribution in [1.82, 2.24) is 0 Å². The molecule has 1 aliphatic heterocycles. The van der Waals surface area contributed by atoms with E-state index in [-0.39, 0.29) is 28.9 Å². The predicted octanol–water partition coefficient (Wildman–Crippen LogP) is 1.99. The summed E-state index contributed by atoms with van der Waals surface area (Å²) in [6, 6.07) is 5.24. The Morgan fingerprint density at radius 1 is 1.16 bits per heavy atom. The van der Waals surface area contributed by atoms with Crippen LogP contribution >= 0.6 is 0 Å². The lowest BCUT2D eigenvalue weighted by Crippen LogP contribution is -2.48. The lowest BCUT2D eigenvalue weighted by molar-refractivity contribution is -0.150. The fourth-order valence-corrected chi connectivity index (χ4v) is 5.27. The van der Waals surface area contributed by atoms with Crippen molar-refractivity contribution < 1.29 is 34.8 Å². The molecule has 0 saturated carbocycles. The number of allylic oxidation sites excluding steroid dienone is 1. The summed E-state index contributed by atoms with van der Waals surface area (Å²) in [4.78, 5) is 26.4. The molecule has 4 N–H and O–H groups in total.